The van der Waals surface area contributed by atoms with Gasteiger partial charge in [0, 0.05) is 38.9 Å². The van der Waals surface area contributed by atoms with E-state index in [1.165, 1.54) is 44.6 Å². The fourth-order valence-corrected chi connectivity index (χ4v) is 4.81. The van der Waals surface area contributed by atoms with E-state index in [-0.39, 0.29) is 40.1 Å². The van der Waals surface area contributed by atoms with Crippen LogP contribution in [0, 0.1) is 0 Å². The molecule has 0 aliphatic carbocycles. The van der Waals surface area contributed by atoms with E-state index in [0.29, 0.717) is 31.9 Å². The Balaban J connectivity index is 1.55. The topological polar surface area (TPSA) is 88.3 Å². The summed E-state index contributed by atoms with van der Waals surface area (Å²) >= 11 is 0. The lowest BCUT2D eigenvalue weighted by Gasteiger charge is -2.35. The molecule has 1 fully saturated rings. The minimum Gasteiger partial charge on any atom is -0.507 e. The van der Waals surface area contributed by atoms with Crippen molar-refractivity contribution in [3.63, 3.8) is 0 Å². The van der Waals surface area contributed by atoms with Crippen LogP contribution in [0.25, 0.3) is 22.1 Å². The van der Waals surface area contributed by atoms with Crippen LogP contribution < -0.4 is 19.8 Å². The van der Waals surface area contributed by atoms with Crippen molar-refractivity contribution >= 4 is 16.8 Å². The van der Waals surface area contributed by atoms with Gasteiger partial charge in [-0.3, -0.25) is 9.69 Å². The number of phenols is 1. The Labute approximate surface area is 221 Å². The molecular formula is C28H26F3N3O5. The quantitative estimate of drug-likeness (QED) is 0.368. The van der Waals surface area contributed by atoms with Crippen LogP contribution in [0.2, 0.25) is 0 Å². The van der Waals surface area contributed by atoms with Crippen molar-refractivity contribution in [2.75, 3.05) is 45.3 Å². The second-order valence-corrected chi connectivity index (χ2v) is 9.09. The van der Waals surface area contributed by atoms with Gasteiger partial charge in [0.15, 0.2) is 11.5 Å². The number of fused-ring (bicyclic) bond motifs is 1. The predicted molar refractivity (Wildman–Crippen MR) is 139 cm³/mol. The standard InChI is InChI=1S/C28H26F3N3O5/c1-37-21-9-6-17(15-22(21)38-2)24-25(36)18-7-8-20(35)19(26(18)39-27(24)28(29,30)31)16-33-11-13-34(14-12-33)23-5-3-4-10-32-23/h3-10,15,35H,11-14,16H2,1-2H3. The molecule has 0 spiro atoms. The summed E-state index contributed by atoms with van der Waals surface area (Å²) in [7, 11) is 2.75. The maximum atomic E-state index is 14.3. The third kappa shape index (κ3) is 5.09. The summed E-state index contributed by atoms with van der Waals surface area (Å²) < 4.78 is 58.7. The lowest BCUT2D eigenvalue weighted by atomic mass is 9.99. The Morgan fingerprint density at radius 2 is 1.74 bits per heavy atom. The molecule has 0 saturated carbocycles. The van der Waals surface area contributed by atoms with E-state index in [1.807, 2.05) is 23.1 Å². The van der Waals surface area contributed by atoms with E-state index < -0.39 is 22.9 Å². The smallest absolute Gasteiger partial charge is 0.450 e. The normalized spacial score (nSPS) is 14.5. The fourth-order valence-electron chi connectivity index (χ4n) is 4.81. The number of anilines is 1. The molecule has 4 aromatic rings. The summed E-state index contributed by atoms with van der Waals surface area (Å²) in [4.78, 5) is 22.0. The SMILES string of the molecule is COc1ccc(-c2c(C(F)(F)F)oc3c(CN4CCN(c5ccccn5)CC4)c(O)ccc3c2=O)cc1OC. The van der Waals surface area contributed by atoms with Crippen molar-refractivity contribution in [2.45, 2.75) is 12.7 Å². The number of ether oxygens (including phenoxy) is 2. The first-order valence-electron chi connectivity index (χ1n) is 12.2. The van der Waals surface area contributed by atoms with Crippen molar-refractivity contribution in [3.05, 3.63) is 76.3 Å². The number of piperazine rings is 1. The molecule has 1 aliphatic rings. The van der Waals surface area contributed by atoms with Crippen LogP contribution in [0.4, 0.5) is 19.0 Å². The van der Waals surface area contributed by atoms with Crippen molar-refractivity contribution < 1.29 is 32.2 Å². The zero-order valence-electron chi connectivity index (χ0n) is 21.3. The predicted octanol–water partition coefficient (Wildman–Crippen LogP) is 4.92. The second kappa shape index (κ2) is 10.5. The number of aromatic nitrogens is 1. The molecule has 39 heavy (non-hydrogen) atoms. The van der Waals surface area contributed by atoms with Gasteiger partial charge in [-0.2, -0.15) is 13.2 Å². The van der Waals surface area contributed by atoms with Crippen molar-refractivity contribution in [3.8, 4) is 28.4 Å². The number of benzene rings is 2. The Morgan fingerprint density at radius 3 is 2.38 bits per heavy atom. The number of methoxy groups -OCH3 is 2. The molecule has 0 amide bonds. The number of pyridine rings is 1. The maximum Gasteiger partial charge on any atom is 0.450 e. The first-order chi connectivity index (χ1) is 18.7. The van der Waals surface area contributed by atoms with Crippen molar-refractivity contribution in [2.24, 2.45) is 0 Å². The molecule has 3 heterocycles. The van der Waals surface area contributed by atoms with Gasteiger partial charge < -0.3 is 23.9 Å². The number of hydrogen-bond acceptors (Lipinski definition) is 8. The lowest BCUT2D eigenvalue weighted by molar-refractivity contribution is -0.152. The summed E-state index contributed by atoms with van der Waals surface area (Å²) in [5, 5.41) is 10.6. The highest BCUT2D eigenvalue weighted by molar-refractivity contribution is 5.87. The molecule has 2 aromatic heterocycles. The molecular weight excluding hydrogens is 515 g/mol. The second-order valence-electron chi connectivity index (χ2n) is 9.09. The van der Waals surface area contributed by atoms with E-state index in [4.69, 9.17) is 13.9 Å². The average Bonchev–Trinajstić information content (AvgIpc) is 2.94. The Morgan fingerprint density at radius 1 is 1.00 bits per heavy atom. The highest BCUT2D eigenvalue weighted by Crippen LogP contribution is 2.41. The molecule has 1 aliphatic heterocycles. The minimum atomic E-state index is -4.98. The van der Waals surface area contributed by atoms with E-state index in [1.54, 1.807) is 6.20 Å². The monoisotopic (exact) mass is 541 g/mol. The Kier molecular flexibility index (Phi) is 7.09. The van der Waals surface area contributed by atoms with Gasteiger partial charge in [-0.25, -0.2) is 4.98 Å². The highest BCUT2D eigenvalue weighted by atomic mass is 19.4. The van der Waals surface area contributed by atoms with Crippen LogP contribution >= 0.6 is 0 Å². The summed E-state index contributed by atoms with van der Waals surface area (Å²) in [5.41, 5.74) is -1.70. The third-order valence-electron chi connectivity index (χ3n) is 6.80. The van der Waals surface area contributed by atoms with E-state index in [0.717, 1.165) is 5.82 Å². The average molecular weight is 542 g/mol. The van der Waals surface area contributed by atoms with Gasteiger partial charge in [-0.15, -0.1) is 0 Å². The van der Waals surface area contributed by atoms with Crippen LogP contribution in [0.3, 0.4) is 0 Å². The van der Waals surface area contributed by atoms with Gasteiger partial charge in [0.25, 0.3) is 0 Å². The van der Waals surface area contributed by atoms with Gasteiger partial charge in [0.1, 0.15) is 17.2 Å². The van der Waals surface area contributed by atoms with Crippen LogP contribution in [-0.2, 0) is 12.7 Å². The van der Waals surface area contributed by atoms with Crippen molar-refractivity contribution in [1.82, 2.24) is 9.88 Å². The molecule has 11 heteroatoms. The van der Waals surface area contributed by atoms with Crippen molar-refractivity contribution in [1.29, 1.82) is 0 Å². The largest absolute Gasteiger partial charge is 0.507 e. The van der Waals surface area contributed by atoms with E-state index >= 15 is 0 Å². The zero-order chi connectivity index (χ0) is 27.7. The number of rotatable bonds is 6. The highest BCUT2D eigenvalue weighted by Gasteiger charge is 2.40. The van der Waals surface area contributed by atoms with Gasteiger partial charge in [0.05, 0.1) is 30.7 Å². The number of phenolic OH excluding ortho intramolecular Hbond substituents is 1. The first kappa shape index (κ1) is 26.4. The Bertz CT molecular complexity index is 1550. The van der Waals surface area contributed by atoms with Crippen LogP contribution in [-0.4, -0.2) is 55.4 Å². The summed E-state index contributed by atoms with van der Waals surface area (Å²) in [6.07, 6.45) is -3.26. The van der Waals surface area contributed by atoms with E-state index in [9.17, 15) is 23.1 Å². The molecule has 1 N–H and O–H groups in total. The Hall–Kier alpha value is -4.25. The van der Waals surface area contributed by atoms with Gasteiger partial charge in [-0.05, 0) is 42.0 Å². The summed E-state index contributed by atoms with van der Waals surface area (Å²) in [5.74, 6) is -0.383. The minimum absolute atomic E-state index is 0.0316. The van der Waals surface area contributed by atoms with Crippen LogP contribution in [0.15, 0.2) is 63.9 Å². The van der Waals surface area contributed by atoms with Gasteiger partial charge in [-0.1, -0.05) is 12.1 Å². The summed E-state index contributed by atoms with van der Waals surface area (Å²) in [6.45, 7) is 2.54. The van der Waals surface area contributed by atoms with Crippen LogP contribution in [0.1, 0.15) is 11.3 Å². The van der Waals surface area contributed by atoms with Gasteiger partial charge in [0.2, 0.25) is 11.2 Å². The molecule has 2 aromatic carbocycles. The van der Waals surface area contributed by atoms with Gasteiger partial charge >= 0.3 is 6.18 Å². The van der Waals surface area contributed by atoms with E-state index in [2.05, 4.69) is 9.88 Å². The lowest BCUT2D eigenvalue weighted by Crippen LogP contribution is -2.46. The molecule has 0 radical (unpaired) electrons. The third-order valence-corrected chi connectivity index (χ3v) is 6.80. The molecule has 0 bridgehead atoms. The molecule has 5 rings (SSSR count). The first-order valence-corrected chi connectivity index (χ1v) is 12.2. The molecule has 0 atom stereocenters. The number of aromatic hydroxyl groups is 1. The molecule has 204 valence electrons. The number of nitrogens with zero attached hydrogens (tertiary/aromatic N) is 3. The fraction of sp³-hybridized carbons (Fsp3) is 0.286. The maximum absolute atomic E-state index is 14.3. The molecule has 1 saturated heterocycles. The van der Waals surface area contributed by atoms with Crippen LogP contribution in [0.5, 0.6) is 17.2 Å². The number of halogens is 3. The number of hydrogen-bond donors (Lipinski definition) is 1. The zero-order valence-corrected chi connectivity index (χ0v) is 21.3. The molecule has 0 unspecified atom stereocenters. The summed E-state index contributed by atoms with van der Waals surface area (Å²) in [6, 6.07) is 12.3. The molecule has 8 nitrogen and oxygen atoms in total. The number of alkyl halides is 3.